The minimum absolute atomic E-state index is 0.0479. The Labute approximate surface area is 134 Å². The molecule has 2 heterocycles. The van der Waals surface area contributed by atoms with E-state index in [4.69, 9.17) is 0 Å². The van der Waals surface area contributed by atoms with Crippen LogP contribution in [-0.4, -0.2) is 41.1 Å². The highest BCUT2D eigenvalue weighted by Gasteiger charge is 2.39. The predicted molar refractivity (Wildman–Crippen MR) is 91.4 cm³/mol. The lowest BCUT2D eigenvalue weighted by molar-refractivity contribution is -0.131. The third-order valence-electron chi connectivity index (χ3n) is 4.55. The van der Waals surface area contributed by atoms with Gasteiger partial charge in [0.1, 0.15) is 0 Å². The van der Waals surface area contributed by atoms with Crippen LogP contribution in [0.15, 0.2) is 0 Å². The van der Waals surface area contributed by atoms with Crippen LogP contribution in [0, 0.1) is 17.8 Å². The number of nitrogens with zero attached hydrogens (tertiary/aromatic N) is 1. The van der Waals surface area contributed by atoms with Gasteiger partial charge in [-0.25, -0.2) is 0 Å². The van der Waals surface area contributed by atoms with Crippen molar-refractivity contribution in [3.8, 4) is 0 Å². The van der Waals surface area contributed by atoms with Crippen LogP contribution >= 0.6 is 11.8 Å². The van der Waals surface area contributed by atoms with E-state index in [0.717, 1.165) is 19.4 Å². The molecular weight excluding hydrogens is 280 g/mol. The summed E-state index contributed by atoms with van der Waals surface area (Å²) < 4.78 is 0. The largest absolute Gasteiger partial charge is 0.326 e. The normalized spacial score (nSPS) is 28.1. The van der Waals surface area contributed by atoms with E-state index in [1.807, 2.05) is 0 Å². The fourth-order valence-corrected chi connectivity index (χ4v) is 4.66. The molecular formula is C17H32N2OS. The van der Waals surface area contributed by atoms with Crippen molar-refractivity contribution < 1.29 is 4.79 Å². The van der Waals surface area contributed by atoms with Crippen molar-refractivity contribution in [1.82, 2.24) is 10.2 Å². The van der Waals surface area contributed by atoms with Gasteiger partial charge in [-0.3, -0.25) is 10.1 Å². The van der Waals surface area contributed by atoms with Crippen LogP contribution in [-0.2, 0) is 4.79 Å². The van der Waals surface area contributed by atoms with Gasteiger partial charge < -0.3 is 4.90 Å². The highest BCUT2D eigenvalue weighted by molar-refractivity contribution is 7.99. The first-order valence-electron chi connectivity index (χ1n) is 8.61. The Bertz CT molecular complexity index is 340. The van der Waals surface area contributed by atoms with Crippen LogP contribution in [0.25, 0.3) is 0 Å². The molecule has 2 atom stereocenters. The molecule has 0 aliphatic carbocycles. The topological polar surface area (TPSA) is 32.3 Å². The van der Waals surface area contributed by atoms with Crippen molar-refractivity contribution in [2.75, 3.05) is 18.1 Å². The van der Waals surface area contributed by atoms with Gasteiger partial charge in [0.2, 0.25) is 5.91 Å². The van der Waals surface area contributed by atoms with E-state index in [1.54, 1.807) is 0 Å². The first-order valence-corrected chi connectivity index (χ1v) is 9.77. The number of hydrogen-bond donors (Lipinski definition) is 1. The number of nitrogens with one attached hydrogen (secondary N) is 1. The maximum Gasteiger partial charge on any atom is 0.241 e. The molecule has 21 heavy (non-hydrogen) atoms. The number of amides is 1. The van der Waals surface area contributed by atoms with Gasteiger partial charge in [0.15, 0.2) is 0 Å². The van der Waals surface area contributed by atoms with E-state index in [9.17, 15) is 4.79 Å². The van der Waals surface area contributed by atoms with Gasteiger partial charge in [0.05, 0.1) is 12.2 Å². The fourth-order valence-electron chi connectivity index (χ4n) is 3.45. The van der Waals surface area contributed by atoms with Crippen molar-refractivity contribution in [3.05, 3.63) is 0 Å². The molecule has 1 amide bonds. The summed E-state index contributed by atoms with van der Waals surface area (Å²) in [5.74, 6) is 4.79. The molecule has 2 fully saturated rings. The summed E-state index contributed by atoms with van der Waals surface area (Å²) >= 11 is 2.06. The minimum Gasteiger partial charge on any atom is -0.326 e. The summed E-state index contributed by atoms with van der Waals surface area (Å²) in [5, 5.41) is 3.61. The zero-order valence-electron chi connectivity index (χ0n) is 14.1. The Balaban J connectivity index is 2.00. The van der Waals surface area contributed by atoms with Gasteiger partial charge in [-0.15, -0.1) is 0 Å². The molecule has 0 bridgehead atoms. The Morgan fingerprint density at radius 2 is 1.76 bits per heavy atom. The van der Waals surface area contributed by atoms with Crippen molar-refractivity contribution in [2.24, 2.45) is 17.8 Å². The third kappa shape index (κ3) is 4.88. The molecule has 3 nitrogen and oxygen atoms in total. The van der Waals surface area contributed by atoms with Crippen LogP contribution in [0.1, 0.15) is 53.4 Å². The second-order valence-corrected chi connectivity index (χ2v) is 8.77. The van der Waals surface area contributed by atoms with E-state index in [1.165, 1.54) is 24.3 Å². The maximum atomic E-state index is 12.8. The summed E-state index contributed by atoms with van der Waals surface area (Å²) in [4.78, 5) is 14.9. The standard InChI is InChI=1S/C17H32N2OS/c1-12(2)9-15-17(20)19(16(18-15)10-13(3)4)11-14-5-7-21-8-6-14/h12-16,18H,5-11H2,1-4H3. The first-order chi connectivity index (χ1) is 9.97. The first kappa shape index (κ1) is 17.1. The number of thioether (sulfide) groups is 1. The lowest BCUT2D eigenvalue weighted by Gasteiger charge is -2.31. The highest BCUT2D eigenvalue weighted by atomic mass is 32.2. The SMILES string of the molecule is CC(C)CC1NC(CC(C)C)N(CC2CCSCC2)C1=O. The molecule has 0 aromatic carbocycles. The van der Waals surface area contributed by atoms with Crippen molar-refractivity contribution in [3.63, 3.8) is 0 Å². The molecule has 2 saturated heterocycles. The third-order valence-corrected chi connectivity index (χ3v) is 5.60. The Hall–Kier alpha value is -0.220. The quantitative estimate of drug-likeness (QED) is 0.816. The molecule has 0 aromatic rings. The number of carbonyl (C=O) groups is 1. The second-order valence-electron chi connectivity index (χ2n) is 7.54. The molecule has 0 spiro atoms. The molecule has 0 radical (unpaired) electrons. The lowest BCUT2D eigenvalue weighted by atomic mass is 10.0. The average molecular weight is 313 g/mol. The zero-order valence-corrected chi connectivity index (χ0v) is 14.9. The van der Waals surface area contributed by atoms with Gasteiger partial charge in [-0.05, 0) is 54.9 Å². The molecule has 2 unspecified atom stereocenters. The summed E-state index contributed by atoms with van der Waals surface area (Å²) in [5.41, 5.74) is 0. The van der Waals surface area contributed by atoms with E-state index < -0.39 is 0 Å². The molecule has 2 aliphatic heterocycles. The number of hydrogen-bond acceptors (Lipinski definition) is 3. The van der Waals surface area contributed by atoms with Crippen molar-refractivity contribution >= 4 is 17.7 Å². The van der Waals surface area contributed by atoms with Crippen LogP contribution in [0.5, 0.6) is 0 Å². The molecule has 122 valence electrons. The molecule has 0 aromatic heterocycles. The van der Waals surface area contributed by atoms with Gasteiger partial charge in [0, 0.05) is 6.54 Å². The van der Waals surface area contributed by atoms with Crippen molar-refractivity contribution in [1.29, 1.82) is 0 Å². The van der Waals surface area contributed by atoms with Gasteiger partial charge in [-0.1, -0.05) is 27.7 Å². The molecule has 1 N–H and O–H groups in total. The average Bonchev–Trinajstić information content (AvgIpc) is 2.67. The number of rotatable bonds is 6. The van der Waals surface area contributed by atoms with E-state index in [2.05, 4.69) is 49.7 Å². The van der Waals surface area contributed by atoms with Crippen LogP contribution in [0.3, 0.4) is 0 Å². The Kier molecular flexibility index (Phi) is 6.42. The fraction of sp³-hybridized carbons (Fsp3) is 0.941. The zero-order chi connectivity index (χ0) is 15.4. The van der Waals surface area contributed by atoms with Crippen molar-refractivity contribution in [2.45, 2.75) is 65.6 Å². The van der Waals surface area contributed by atoms with Crippen LogP contribution in [0.4, 0.5) is 0 Å². The second kappa shape index (κ2) is 7.87. The molecule has 4 heteroatoms. The Morgan fingerprint density at radius 1 is 1.14 bits per heavy atom. The van der Waals surface area contributed by atoms with Crippen LogP contribution < -0.4 is 5.32 Å². The summed E-state index contributed by atoms with van der Waals surface area (Å²) in [6.07, 6.45) is 4.84. The molecule has 2 rings (SSSR count). The van der Waals surface area contributed by atoms with E-state index in [-0.39, 0.29) is 12.2 Å². The molecule has 2 aliphatic rings. The Morgan fingerprint density at radius 3 is 2.33 bits per heavy atom. The maximum absolute atomic E-state index is 12.8. The minimum atomic E-state index is 0.0479. The number of carbonyl (C=O) groups excluding carboxylic acids is 1. The smallest absolute Gasteiger partial charge is 0.241 e. The van der Waals surface area contributed by atoms with Gasteiger partial charge in [0.25, 0.3) is 0 Å². The van der Waals surface area contributed by atoms with Gasteiger partial charge >= 0.3 is 0 Å². The lowest BCUT2D eigenvalue weighted by Crippen LogP contribution is -2.41. The summed E-state index contributed by atoms with van der Waals surface area (Å²) in [7, 11) is 0. The summed E-state index contributed by atoms with van der Waals surface area (Å²) in [6, 6.07) is 0.0479. The van der Waals surface area contributed by atoms with Crippen LogP contribution in [0.2, 0.25) is 0 Å². The molecule has 0 saturated carbocycles. The summed E-state index contributed by atoms with van der Waals surface area (Å²) in [6.45, 7) is 9.87. The monoisotopic (exact) mass is 312 g/mol. The highest BCUT2D eigenvalue weighted by Crippen LogP contribution is 2.28. The predicted octanol–water partition coefficient (Wildman–Crippen LogP) is 3.35. The van der Waals surface area contributed by atoms with Gasteiger partial charge in [-0.2, -0.15) is 11.8 Å². The van der Waals surface area contributed by atoms with E-state index in [0.29, 0.717) is 23.7 Å². The van der Waals surface area contributed by atoms with E-state index >= 15 is 0 Å².